The average molecular weight is 261 g/mol. The molecule has 2 aromatic heterocycles. The molecule has 0 aliphatic rings. The molecule has 0 spiro atoms. The Kier molecular flexibility index (Phi) is 3.96. The van der Waals surface area contributed by atoms with Crippen LogP contribution in [0.2, 0.25) is 0 Å². The highest BCUT2D eigenvalue weighted by Gasteiger charge is 2.13. The van der Waals surface area contributed by atoms with Crippen LogP contribution in [0.15, 0.2) is 18.7 Å². The van der Waals surface area contributed by atoms with E-state index in [-0.39, 0.29) is 0 Å². The Morgan fingerprint density at radius 2 is 2.21 bits per heavy atom. The molecule has 0 amide bonds. The van der Waals surface area contributed by atoms with Crippen molar-refractivity contribution in [1.29, 1.82) is 0 Å². The summed E-state index contributed by atoms with van der Waals surface area (Å²) >= 11 is 0. The maximum atomic E-state index is 5.48. The number of anilines is 2. The van der Waals surface area contributed by atoms with Gasteiger partial charge in [0.05, 0.1) is 6.20 Å². The van der Waals surface area contributed by atoms with Gasteiger partial charge >= 0.3 is 0 Å². The van der Waals surface area contributed by atoms with Crippen molar-refractivity contribution in [3.63, 3.8) is 0 Å². The second-order valence-corrected chi connectivity index (χ2v) is 4.40. The van der Waals surface area contributed by atoms with Crippen LogP contribution in [0.5, 0.6) is 0 Å². The lowest BCUT2D eigenvalue weighted by Gasteiger charge is -2.21. The first kappa shape index (κ1) is 13.3. The van der Waals surface area contributed by atoms with Gasteiger partial charge in [-0.25, -0.2) is 15.8 Å². The van der Waals surface area contributed by atoms with Crippen molar-refractivity contribution >= 4 is 11.6 Å². The molecule has 7 nitrogen and oxygen atoms in total. The molecule has 2 rings (SSSR count). The van der Waals surface area contributed by atoms with Gasteiger partial charge in [0.25, 0.3) is 0 Å². The van der Waals surface area contributed by atoms with Crippen molar-refractivity contribution in [2.45, 2.75) is 19.9 Å². The summed E-state index contributed by atoms with van der Waals surface area (Å²) in [5.41, 5.74) is 4.76. The molecule has 0 bridgehead atoms. The van der Waals surface area contributed by atoms with Crippen LogP contribution in [0.1, 0.15) is 18.1 Å². The van der Waals surface area contributed by atoms with Crippen molar-refractivity contribution in [1.82, 2.24) is 19.7 Å². The Morgan fingerprint density at radius 3 is 2.79 bits per heavy atom. The molecule has 0 unspecified atom stereocenters. The van der Waals surface area contributed by atoms with E-state index in [2.05, 4.69) is 32.3 Å². The fourth-order valence-corrected chi connectivity index (χ4v) is 2.08. The standard InChI is InChI=1S/C12H19N7/c1-4-10-11(17-13)14-8-15-12(10)18(2)6-9-5-16-19(3)7-9/h5,7-8H,4,6,13H2,1-3H3,(H,14,15,17). The van der Waals surface area contributed by atoms with Gasteiger partial charge < -0.3 is 10.3 Å². The normalized spacial score (nSPS) is 10.5. The third-order valence-electron chi connectivity index (χ3n) is 2.95. The van der Waals surface area contributed by atoms with Gasteiger partial charge in [-0.3, -0.25) is 4.68 Å². The number of nitrogens with two attached hydrogens (primary N) is 1. The third-order valence-corrected chi connectivity index (χ3v) is 2.95. The largest absolute Gasteiger partial charge is 0.355 e. The van der Waals surface area contributed by atoms with Crippen LogP contribution in [0.25, 0.3) is 0 Å². The Morgan fingerprint density at radius 1 is 1.42 bits per heavy atom. The van der Waals surface area contributed by atoms with E-state index in [0.29, 0.717) is 5.82 Å². The quantitative estimate of drug-likeness (QED) is 0.608. The number of aromatic nitrogens is 4. The summed E-state index contributed by atoms with van der Waals surface area (Å²) < 4.78 is 1.79. The van der Waals surface area contributed by atoms with Gasteiger partial charge in [-0.15, -0.1) is 0 Å². The second kappa shape index (κ2) is 5.66. The third kappa shape index (κ3) is 2.82. The number of rotatable bonds is 5. The Balaban J connectivity index is 2.25. The summed E-state index contributed by atoms with van der Waals surface area (Å²) in [6.45, 7) is 2.79. The molecule has 0 saturated heterocycles. The van der Waals surface area contributed by atoms with E-state index in [0.717, 1.165) is 29.9 Å². The van der Waals surface area contributed by atoms with Gasteiger partial charge in [0.1, 0.15) is 18.0 Å². The molecule has 0 aliphatic carbocycles. The molecule has 102 valence electrons. The molecular weight excluding hydrogens is 242 g/mol. The predicted octanol–water partition coefficient (Wildman–Crippen LogP) is 0.694. The molecule has 3 N–H and O–H groups in total. The van der Waals surface area contributed by atoms with Crippen LogP contribution < -0.4 is 16.2 Å². The highest BCUT2D eigenvalue weighted by molar-refractivity contribution is 5.58. The fraction of sp³-hybridized carbons (Fsp3) is 0.417. The van der Waals surface area contributed by atoms with E-state index >= 15 is 0 Å². The van der Waals surface area contributed by atoms with Gasteiger partial charge in [-0.1, -0.05) is 6.92 Å². The number of hydrazine groups is 1. The summed E-state index contributed by atoms with van der Waals surface area (Å²) in [6, 6.07) is 0. The van der Waals surface area contributed by atoms with E-state index in [1.54, 1.807) is 4.68 Å². The monoisotopic (exact) mass is 261 g/mol. The maximum absolute atomic E-state index is 5.48. The second-order valence-electron chi connectivity index (χ2n) is 4.40. The van der Waals surface area contributed by atoms with Crippen LogP contribution >= 0.6 is 0 Å². The van der Waals surface area contributed by atoms with E-state index in [1.807, 2.05) is 26.5 Å². The average Bonchev–Trinajstić information content (AvgIpc) is 2.82. The fourth-order valence-electron chi connectivity index (χ4n) is 2.08. The number of aryl methyl sites for hydroxylation is 1. The first-order valence-electron chi connectivity index (χ1n) is 6.14. The Labute approximate surface area is 112 Å². The molecule has 0 saturated carbocycles. The van der Waals surface area contributed by atoms with E-state index in [9.17, 15) is 0 Å². The number of hydrogen-bond acceptors (Lipinski definition) is 6. The molecule has 19 heavy (non-hydrogen) atoms. The molecule has 2 heterocycles. The summed E-state index contributed by atoms with van der Waals surface area (Å²) in [7, 11) is 3.90. The number of nitrogen functional groups attached to an aromatic ring is 1. The van der Waals surface area contributed by atoms with Crippen molar-refractivity contribution < 1.29 is 0 Å². The molecule has 0 aliphatic heterocycles. The molecule has 0 atom stereocenters. The highest BCUT2D eigenvalue weighted by atomic mass is 15.3. The van der Waals surface area contributed by atoms with E-state index < -0.39 is 0 Å². The number of nitrogens with zero attached hydrogens (tertiary/aromatic N) is 5. The van der Waals surface area contributed by atoms with Gasteiger partial charge in [0.2, 0.25) is 0 Å². The van der Waals surface area contributed by atoms with Crippen molar-refractivity contribution in [3.05, 3.63) is 29.8 Å². The van der Waals surface area contributed by atoms with Crippen molar-refractivity contribution in [2.24, 2.45) is 12.9 Å². The number of hydrogen-bond donors (Lipinski definition) is 2. The van der Waals surface area contributed by atoms with Crippen LogP contribution in [0.4, 0.5) is 11.6 Å². The lowest BCUT2D eigenvalue weighted by molar-refractivity contribution is 0.766. The van der Waals surface area contributed by atoms with Gasteiger partial charge in [0.15, 0.2) is 0 Å². The Bertz CT molecular complexity index is 549. The van der Waals surface area contributed by atoms with E-state index in [1.165, 1.54) is 6.33 Å². The summed E-state index contributed by atoms with van der Waals surface area (Å²) in [5.74, 6) is 7.03. The molecular formula is C12H19N7. The smallest absolute Gasteiger partial charge is 0.148 e. The molecule has 0 fully saturated rings. The van der Waals surface area contributed by atoms with Gasteiger partial charge in [-0.2, -0.15) is 5.10 Å². The highest BCUT2D eigenvalue weighted by Crippen LogP contribution is 2.23. The zero-order valence-corrected chi connectivity index (χ0v) is 11.5. The zero-order valence-electron chi connectivity index (χ0n) is 11.5. The van der Waals surface area contributed by atoms with E-state index in [4.69, 9.17) is 5.84 Å². The Hall–Kier alpha value is -2.15. The first-order valence-corrected chi connectivity index (χ1v) is 6.14. The van der Waals surface area contributed by atoms with Crippen LogP contribution in [-0.4, -0.2) is 26.8 Å². The zero-order chi connectivity index (χ0) is 13.8. The number of nitrogens with one attached hydrogen (secondary N) is 1. The molecule has 2 aromatic rings. The van der Waals surface area contributed by atoms with Gasteiger partial charge in [-0.05, 0) is 6.42 Å². The minimum absolute atomic E-state index is 0.672. The van der Waals surface area contributed by atoms with Gasteiger partial charge in [0, 0.05) is 38.0 Å². The maximum Gasteiger partial charge on any atom is 0.148 e. The first-order chi connectivity index (χ1) is 9.15. The summed E-state index contributed by atoms with van der Waals surface area (Å²) in [6.07, 6.45) is 6.17. The topological polar surface area (TPSA) is 84.9 Å². The summed E-state index contributed by atoms with van der Waals surface area (Å²) in [4.78, 5) is 10.6. The summed E-state index contributed by atoms with van der Waals surface area (Å²) in [5, 5.41) is 4.16. The molecule has 0 radical (unpaired) electrons. The predicted molar refractivity (Wildman–Crippen MR) is 74.5 cm³/mol. The minimum Gasteiger partial charge on any atom is -0.355 e. The van der Waals surface area contributed by atoms with Crippen LogP contribution in [-0.2, 0) is 20.0 Å². The van der Waals surface area contributed by atoms with Crippen LogP contribution in [0, 0.1) is 0 Å². The van der Waals surface area contributed by atoms with Crippen molar-refractivity contribution in [2.75, 3.05) is 17.4 Å². The SMILES string of the molecule is CCc1c(NN)ncnc1N(C)Cc1cnn(C)c1. The molecule has 0 aromatic carbocycles. The van der Waals surface area contributed by atoms with Crippen molar-refractivity contribution in [3.8, 4) is 0 Å². The van der Waals surface area contributed by atoms with Crippen LogP contribution in [0.3, 0.4) is 0 Å². The lowest BCUT2D eigenvalue weighted by atomic mass is 10.2. The lowest BCUT2D eigenvalue weighted by Crippen LogP contribution is -2.21. The molecule has 7 heteroatoms. The minimum atomic E-state index is 0.672.